The Hall–Kier alpha value is -0.980. The second-order valence-corrected chi connectivity index (χ2v) is 5.55. The number of thioether (sulfide) groups is 1. The minimum atomic E-state index is 0.192. The van der Waals surface area contributed by atoms with Crippen molar-refractivity contribution >= 4 is 11.8 Å². The first-order chi connectivity index (χ1) is 7.11. The number of hydrogen-bond donors (Lipinski definition) is 1. The Labute approximate surface area is 94.7 Å². The summed E-state index contributed by atoms with van der Waals surface area (Å²) in [5.74, 6) is 1.11. The maximum atomic E-state index is 8.83. The van der Waals surface area contributed by atoms with Gasteiger partial charge in [-0.2, -0.15) is 5.26 Å². The highest BCUT2D eigenvalue weighted by Crippen LogP contribution is 2.37. The van der Waals surface area contributed by atoms with Crippen molar-refractivity contribution < 1.29 is 0 Å². The van der Waals surface area contributed by atoms with Crippen LogP contribution in [0.4, 0.5) is 0 Å². The Morgan fingerprint density at radius 2 is 2.33 bits per heavy atom. The monoisotopic (exact) mass is 218 g/mol. The Morgan fingerprint density at radius 1 is 1.53 bits per heavy atom. The average Bonchev–Trinajstić information content (AvgIpc) is 2.59. The summed E-state index contributed by atoms with van der Waals surface area (Å²) < 4.78 is 0. The summed E-state index contributed by atoms with van der Waals surface area (Å²) in [6.45, 7) is 4.41. The average molecular weight is 218 g/mol. The second-order valence-electron chi connectivity index (χ2n) is 4.46. The molecule has 0 amide bonds. The molecule has 15 heavy (non-hydrogen) atoms. The standard InChI is InChI=1S/C12H14N2S/c1-12(2)8-15-11(14-12)10-5-3-4-9(6-10)7-13/h3-6,11,14H,8H2,1-2H3. The van der Waals surface area contributed by atoms with Crippen LogP contribution < -0.4 is 5.32 Å². The Morgan fingerprint density at radius 3 is 2.93 bits per heavy atom. The summed E-state index contributed by atoms with van der Waals surface area (Å²) in [6, 6.07) is 10.0. The van der Waals surface area contributed by atoms with E-state index in [1.165, 1.54) is 5.56 Å². The molecule has 1 unspecified atom stereocenters. The largest absolute Gasteiger partial charge is 0.296 e. The molecule has 1 fully saturated rings. The summed E-state index contributed by atoms with van der Waals surface area (Å²) in [6.07, 6.45) is 0. The highest BCUT2D eigenvalue weighted by molar-refractivity contribution is 7.99. The summed E-state index contributed by atoms with van der Waals surface area (Å²) in [7, 11) is 0. The third kappa shape index (κ3) is 2.34. The van der Waals surface area contributed by atoms with Gasteiger partial charge in [0, 0.05) is 11.3 Å². The zero-order valence-electron chi connectivity index (χ0n) is 8.95. The van der Waals surface area contributed by atoms with E-state index in [2.05, 4.69) is 31.3 Å². The molecule has 2 nitrogen and oxygen atoms in total. The molecule has 1 aromatic rings. The predicted octanol–water partition coefficient (Wildman–Crippen LogP) is 2.67. The van der Waals surface area contributed by atoms with Crippen LogP contribution in [-0.2, 0) is 0 Å². The van der Waals surface area contributed by atoms with Gasteiger partial charge in [-0.05, 0) is 31.5 Å². The van der Waals surface area contributed by atoms with E-state index in [4.69, 9.17) is 5.26 Å². The van der Waals surface area contributed by atoms with E-state index < -0.39 is 0 Å². The van der Waals surface area contributed by atoms with E-state index in [0.717, 1.165) is 11.3 Å². The van der Waals surface area contributed by atoms with Gasteiger partial charge in [0.15, 0.2) is 0 Å². The molecule has 1 aliphatic heterocycles. The van der Waals surface area contributed by atoms with Crippen molar-refractivity contribution in [2.24, 2.45) is 0 Å². The van der Waals surface area contributed by atoms with E-state index in [1.54, 1.807) is 0 Å². The number of hydrogen-bond acceptors (Lipinski definition) is 3. The third-order valence-electron chi connectivity index (χ3n) is 2.45. The summed E-state index contributed by atoms with van der Waals surface area (Å²) in [5.41, 5.74) is 2.13. The summed E-state index contributed by atoms with van der Waals surface area (Å²) in [4.78, 5) is 0. The van der Waals surface area contributed by atoms with Crippen LogP contribution in [0.15, 0.2) is 24.3 Å². The van der Waals surface area contributed by atoms with Gasteiger partial charge in [0.2, 0.25) is 0 Å². The number of rotatable bonds is 1. The quantitative estimate of drug-likeness (QED) is 0.787. The van der Waals surface area contributed by atoms with Crippen LogP contribution in [0, 0.1) is 11.3 Å². The Kier molecular flexibility index (Phi) is 2.72. The molecule has 2 rings (SSSR count). The van der Waals surface area contributed by atoms with E-state index in [9.17, 15) is 0 Å². The fourth-order valence-electron chi connectivity index (χ4n) is 1.68. The predicted molar refractivity (Wildman–Crippen MR) is 63.6 cm³/mol. The first kappa shape index (κ1) is 10.5. The first-order valence-electron chi connectivity index (χ1n) is 5.00. The van der Waals surface area contributed by atoms with Crippen LogP contribution in [0.3, 0.4) is 0 Å². The molecule has 0 spiro atoms. The molecule has 0 aliphatic carbocycles. The molecular formula is C12H14N2S. The lowest BCUT2D eigenvalue weighted by molar-refractivity contribution is 0.452. The van der Waals surface area contributed by atoms with Crippen LogP contribution in [0.1, 0.15) is 30.3 Å². The van der Waals surface area contributed by atoms with Crippen molar-refractivity contribution in [2.75, 3.05) is 5.75 Å². The van der Waals surface area contributed by atoms with Gasteiger partial charge < -0.3 is 0 Å². The minimum Gasteiger partial charge on any atom is -0.296 e. The molecule has 0 bridgehead atoms. The van der Waals surface area contributed by atoms with E-state index in [0.29, 0.717) is 5.37 Å². The molecule has 1 heterocycles. The van der Waals surface area contributed by atoms with Crippen molar-refractivity contribution in [3.05, 3.63) is 35.4 Å². The van der Waals surface area contributed by atoms with Gasteiger partial charge in [0.05, 0.1) is 17.0 Å². The minimum absolute atomic E-state index is 0.192. The third-order valence-corrected chi connectivity index (χ3v) is 4.06. The zero-order chi connectivity index (χ0) is 10.9. The van der Waals surface area contributed by atoms with Gasteiger partial charge in [0.25, 0.3) is 0 Å². The topological polar surface area (TPSA) is 35.8 Å². The smallest absolute Gasteiger partial charge is 0.0991 e. The molecule has 1 atom stereocenters. The molecule has 0 saturated carbocycles. The van der Waals surface area contributed by atoms with Gasteiger partial charge >= 0.3 is 0 Å². The molecule has 0 radical (unpaired) electrons. The lowest BCUT2D eigenvalue weighted by Gasteiger charge is -2.19. The molecule has 3 heteroatoms. The first-order valence-corrected chi connectivity index (χ1v) is 6.05. The SMILES string of the molecule is CC1(C)CSC(c2cccc(C#N)c2)N1. The van der Waals surface area contributed by atoms with Crippen molar-refractivity contribution in [2.45, 2.75) is 24.8 Å². The van der Waals surface area contributed by atoms with Crippen molar-refractivity contribution in [3.63, 3.8) is 0 Å². The van der Waals surface area contributed by atoms with Crippen LogP contribution in [-0.4, -0.2) is 11.3 Å². The van der Waals surface area contributed by atoms with Gasteiger partial charge in [-0.3, -0.25) is 5.32 Å². The lowest BCUT2D eigenvalue weighted by Crippen LogP contribution is -2.35. The highest BCUT2D eigenvalue weighted by atomic mass is 32.2. The van der Waals surface area contributed by atoms with E-state index in [1.807, 2.05) is 30.0 Å². The molecule has 78 valence electrons. The number of nitrogens with one attached hydrogen (secondary N) is 1. The Balaban J connectivity index is 2.21. The number of benzene rings is 1. The maximum absolute atomic E-state index is 8.83. The number of nitrogens with zero attached hydrogens (tertiary/aromatic N) is 1. The van der Waals surface area contributed by atoms with E-state index >= 15 is 0 Å². The molecular weight excluding hydrogens is 204 g/mol. The number of nitriles is 1. The van der Waals surface area contributed by atoms with Crippen molar-refractivity contribution in [3.8, 4) is 6.07 Å². The van der Waals surface area contributed by atoms with Gasteiger partial charge in [-0.25, -0.2) is 0 Å². The van der Waals surface area contributed by atoms with Crippen LogP contribution in [0.5, 0.6) is 0 Å². The summed E-state index contributed by atoms with van der Waals surface area (Å²) >= 11 is 1.90. The molecule has 0 aromatic heterocycles. The second kappa shape index (κ2) is 3.88. The fraction of sp³-hybridized carbons (Fsp3) is 0.417. The van der Waals surface area contributed by atoms with Crippen LogP contribution in [0.2, 0.25) is 0 Å². The fourth-order valence-corrected chi connectivity index (χ4v) is 3.09. The zero-order valence-corrected chi connectivity index (χ0v) is 9.77. The maximum Gasteiger partial charge on any atom is 0.0991 e. The molecule has 1 aromatic carbocycles. The van der Waals surface area contributed by atoms with E-state index in [-0.39, 0.29) is 5.54 Å². The molecule has 1 aliphatic rings. The van der Waals surface area contributed by atoms with Crippen molar-refractivity contribution in [1.29, 1.82) is 5.26 Å². The van der Waals surface area contributed by atoms with Crippen LogP contribution in [0.25, 0.3) is 0 Å². The van der Waals surface area contributed by atoms with Gasteiger partial charge in [-0.1, -0.05) is 12.1 Å². The van der Waals surface area contributed by atoms with Gasteiger partial charge in [0.1, 0.15) is 0 Å². The molecule has 1 saturated heterocycles. The normalized spacial score (nSPS) is 23.7. The summed E-state index contributed by atoms with van der Waals surface area (Å²) in [5, 5.41) is 12.7. The lowest BCUT2D eigenvalue weighted by atomic mass is 10.1. The molecule has 1 N–H and O–H groups in total. The Bertz CT molecular complexity index is 406. The highest BCUT2D eigenvalue weighted by Gasteiger charge is 2.31. The van der Waals surface area contributed by atoms with Crippen molar-refractivity contribution in [1.82, 2.24) is 5.32 Å². The van der Waals surface area contributed by atoms with Crippen LogP contribution >= 0.6 is 11.8 Å². The van der Waals surface area contributed by atoms with Gasteiger partial charge in [-0.15, -0.1) is 11.8 Å².